The van der Waals surface area contributed by atoms with E-state index in [1.165, 1.54) is 0 Å². The Labute approximate surface area is 95.6 Å². The van der Waals surface area contributed by atoms with Gasteiger partial charge in [0.2, 0.25) is 5.91 Å². The van der Waals surface area contributed by atoms with E-state index >= 15 is 0 Å². The van der Waals surface area contributed by atoms with E-state index in [0.717, 1.165) is 19.4 Å². The van der Waals surface area contributed by atoms with E-state index in [9.17, 15) is 9.59 Å². The van der Waals surface area contributed by atoms with Gasteiger partial charge in [-0.15, -0.1) is 0 Å². The third-order valence-corrected chi connectivity index (χ3v) is 3.00. The first-order valence-electron chi connectivity index (χ1n) is 5.83. The number of nitrogens with zero attached hydrogens (tertiary/aromatic N) is 1. The maximum atomic E-state index is 11.6. The number of aliphatic carboxylic acids is 1. The van der Waals surface area contributed by atoms with Crippen molar-refractivity contribution in [2.75, 3.05) is 19.6 Å². The highest BCUT2D eigenvalue weighted by atomic mass is 16.4. The van der Waals surface area contributed by atoms with Crippen LogP contribution < -0.4 is 5.73 Å². The van der Waals surface area contributed by atoms with Crippen molar-refractivity contribution in [2.45, 2.75) is 32.1 Å². The van der Waals surface area contributed by atoms with Crippen LogP contribution >= 0.6 is 0 Å². The Morgan fingerprint density at radius 3 is 2.75 bits per heavy atom. The summed E-state index contributed by atoms with van der Waals surface area (Å²) < 4.78 is 0. The van der Waals surface area contributed by atoms with E-state index in [2.05, 4.69) is 0 Å². The third-order valence-electron chi connectivity index (χ3n) is 3.00. The van der Waals surface area contributed by atoms with Crippen LogP contribution in [0.1, 0.15) is 32.1 Å². The average molecular weight is 228 g/mol. The van der Waals surface area contributed by atoms with Crippen molar-refractivity contribution in [2.24, 2.45) is 11.7 Å². The number of piperidine rings is 1. The average Bonchev–Trinajstić information content (AvgIpc) is 2.27. The molecule has 0 aromatic heterocycles. The summed E-state index contributed by atoms with van der Waals surface area (Å²) in [6, 6.07) is 0. The van der Waals surface area contributed by atoms with E-state index in [-0.39, 0.29) is 12.3 Å². The molecule has 0 aliphatic carbocycles. The van der Waals surface area contributed by atoms with Gasteiger partial charge in [0.05, 0.1) is 0 Å². The Kier molecular flexibility index (Phi) is 5.25. The number of hydrogen-bond acceptors (Lipinski definition) is 3. The van der Waals surface area contributed by atoms with E-state index in [1.807, 2.05) is 4.90 Å². The molecule has 1 heterocycles. The van der Waals surface area contributed by atoms with Gasteiger partial charge in [0.1, 0.15) is 0 Å². The summed E-state index contributed by atoms with van der Waals surface area (Å²) in [6.07, 6.45) is 3.26. The van der Waals surface area contributed by atoms with Gasteiger partial charge in [0, 0.05) is 32.5 Å². The second-order valence-electron chi connectivity index (χ2n) is 4.32. The fourth-order valence-corrected chi connectivity index (χ4v) is 2.14. The zero-order chi connectivity index (χ0) is 12.0. The molecule has 3 N–H and O–H groups in total. The molecule has 1 fully saturated rings. The predicted molar refractivity (Wildman–Crippen MR) is 59.8 cm³/mol. The first kappa shape index (κ1) is 13.0. The van der Waals surface area contributed by atoms with Crippen molar-refractivity contribution in [1.29, 1.82) is 0 Å². The minimum absolute atomic E-state index is 0.0996. The van der Waals surface area contributed by atoms with Crippen LogP contribution in [0.25, 0.3) is 0 Å². The van der Waals surface area contributed by atoms with E-state index in [4.69, 9.17) is 10.8 Å². The van der Waals surface area contributed by atoms with Gasteiger partial charge in [0.15, 0.2) is 0 Å². The fourth-order valence-electron chi connectivity index (χ4n) is 2.14. The maximum Gasteiger partial charge on any atom is 0.303 e. The van der Waals surface area contributed by atoms with Crippen LogP contribution in [0, 0.1) is 5.92 Å². The fraction of sp³-hybridized carbons (Fsp3) is 0.818. The molecule has 5 nitrogen and oxygen atoms in total. The van der Waals surface area contributed by atoms with Crippen LogP contribution in [-0.2, 0) is 9.59 Å². The molecule has 1 unspecified atom stereocenters. The van der Waals surface area contributed by atoms with Gasteiger partial charge in [-0.05, 0) is 25.2 Å². The van der Waals surface area contributed by atoms with Gasteiger partial charge in [-0.2, -0.15) is 0 Å². The van der Waals surface area contributed by atoms with Gasteiger partial charge < -0.3 is 15.7 Å². The lowest BCUT2D eigenvalue weighted by Gasteiger charge is -2.32. The van der Waals surface area contributed by atoms with Crippen LogP contribution in [0.5, 0.6) is 0 Å². The van der Waals surface area contributed by atoms with Crippen molar-refractivity contribution < 1.29 is 14.7 Å². The van der Waals surface area contributed by atoms with Crippen LogP contribution in [0.2, 0.25) is 0 Å². The van der Waals surface area contributed by atoms with Gasteiger partial charge in [-0.25, -0.2) is 0 Å². The zero-order valence-corrected chi connectivity index (χ0v) is 9.52. The normalized spacial score (nSPS) is 20.8. The molecular formula is C11H20N2O3. The number of carbonyl (C=O) groups excluding carboxylic acids is 1. The molecule has 0 radical (unpaired) electrons. The number of carboxylic acids is 1. The summed E-state index contributed by atoms with van der Waals surface area (Å²) in [5, 5.41) is 8.61. The van der Waals surface area contributed by atoms with Gasteiger partial charge >= 0.3 is 5.97 Å². The number of amides is 1. The Hall–Kier alpha value is -1.10. The molecule has 0 bridgehead atoms. The zero-order valence-electron chi connectivity index (χ0n) is 9.52. The molecule has 1 atom stereocenters. The molecule has 16 heavy (non-hydrogen) atoms. The Balaban J connectivity index is 2.34. The lowest BCUT2D eigenvalue weighted by molar-refractivity contribution is -0.137. The van der Waals surface area contributed by atoms with Crippen LogP contribution in [0.4, 0.5) is 0 Å². The molecule has 0 aromatic rings. The Morgan fingerprint density at radius 2 is 2.12 bits per heavy atom. The largest absolute Gasteiger partial charge is 0.481 e. The lowest BCUT2D eigenvalue weighted by Crippen LogP contribution is -2.40. The van der Waals surface area contributed by atoms with E-state index < -0.39 is 5.97 Å². The summed E-state index contributed by atoms with van der Waals surface area (Å²) in [4.78, 5) is 23.9. The molecular weight excluding hydrogens is 208 g/mol. The van der Waals surface area contributed by atoms with Crippen molar-refractivity contribution in [3.8, 4) is 0 Å². The minimum atomic E-state index is -0.759. The summed E-state index contributed by atoms with van der Waals surface area (Å²) in [5.74, 6) is -0.320. The highest BCUT2D eigenvalue weighted by Gasteiger charge is 2.23. The first-order valence-corrected chi connectivity index (χ1v) is 5.83. The molecule has 0 spiro atoms. The predicted octanol–water partition coefficient (Wildman–Crippen LogP) is 0.439. The molecule has 0 saturated carbocycles. The van der Waals surface area contributed by atoms with Gasteiger partial charge in [-0.1, -0.05) is 0 Å². The SMILES string of the molecule is NCCC(=O)N1CCCC(CCC(=O)O)C1. The van der Waals surface area contributed by atoms with E-state index in [0.29, 0.717) is 31.8 Å². The first-order chi connectivity index (χ1) is 7.63. The topological polar surface area (TPSA) is 83.6 Å². The summed E-state index contributed by atoms with van der Waals surface area (Å²) in [7, 11) is 0. The number of rotatable bonds is 5. The highest BCUT2D eigenvalue weighted by Crippen LogP contribution is 2.21. The minimum Gasteiger partial charge on any atom is -0.481 e. The summed E-state index contributed by atoms with van der Waals surface area (Å²) in [5.41, 5.74) is 5.34. The van der Waals surface area contributed by atoms with Crippen LogP contribution in [-0.4, -0.2) is 41.5 Å². The number of carbonyl (C=O) groups is 2. The molecule has 1 saturated heterocycles. The Morgan fingerprint density at radius 1 is 1.38 bits per heavy atom. The molecule has 1 aliphatic rings. The smallest absolute Gasteiger partial charge is 0.303 e. The summed E-state index contributed by atoms with van der Waals surface area (Å²) >= 11 is 0. The monoisotopic (exact) mass is 228 g/mol. The van der Waals surface area contributed by atoms with Gasteiger partial charge in [-0.3, -0.25) is 9.59 Å². The van der Waals surface area contributed by atoms with Gasteiger partial charge in [0.25, 0.3) is 0 Å². The summed E-state index contributed by atoms with van der Waals surface area (Å²) in [6.45, 7) is 1.88. The maximum absolute atomic E-state index is 11.6. The van der Waals surface area contributed by atoms with E-state index in [1.54, 1.807) is 0 Å². The highest BCUT2D eigenvalue weighted by molar-refractivity contribution is 5.76. The lowest BCUT2D eigenvalue weighted by atomic mass is 9.93. The molecule has 92 valence electrons. The third kappa shape index (κ3) is 4.18. The number of nitrogens with two attached hydrogens (primary N) is 1. The second-order valence-corrected chi connectivity index (χ2v) is 4.32. The molecule has 0 aromatic carbocycles. The number of likely N-dealkylation sites (tertiary alicyclic amines) is 1. The second kappa shape index (κ2) is 6.48. The van der Waals surface area contributed by atoms with Crippen LogP contribution in [0.15, 0.2) is 0 Å². The van der Waals surface area contributed by atoms with Crippen molar-refractivity contribution in [3.05, 3.63) is 0 Å². The van der Waals surface area contributed by atoms with Crippen LogP contribution in [0.3, 0.4) is 0 Å². The standard InChI is InChI=1S/C11H20N2O3/c12-6-5-10(14)13-7-1-2-9(8-13)3-4-11(15)16/h9H,1-8,12H2,(H,15,16). The molecule has 1 amide bonds. The quantitative estimate of drug-likeness (QED) is 0.715. The number of hydrogen-bond donors (Lipinski definition) is 2. The van der Waals surface area contributed by atoms with Crippen molar-refractivity contribution in [1.82, 2.24) is 4.90 Å². The van der Waals surface area contributed by atoms with Crippen molar-refractivity contribution >= 4 is 11.9 Å². The molecule has 5 heteroatoms. The molecule has 1 aliphatic heterocycles. The molecule has 1 rings (SSSR count). The Bertz CT molecular complexity index is 256. The van der Waals surface area contributed by atoms with Crippen molar-refractivity contribution in [3.63, 3.8) is 0 Å². The number of carboxylic acid groups (broad SMARTS) is 1.